The molecule has 30 heavy (non-hydrogen) atoms. The first-order valence-corrected chi connectivity index (χ1v) is 11.4. The first kappa shape index (κ1) is 22.4. The third kappa shape index (κ3) is 4.55. The molecule has 2 atom stereocenters. The Morgan fingerprint density at radius 1 is 1.17 bits per heavy atom. The molecule has 2 aromatic carbocycles. The molecule has 7 nitrogen and oxygen atoms in total. The van der Waals surface area contributed by atoms with Crippen molar-refractivity contribution in [3.8, 4) is 11.5 Å². The number of hydrogen-bond donors (Lipinski definition) is 1. The molecule has 1 heterocycles. The van der Waals surface area contributed by atoms with Gasteiger partial charge in [0.1, 0.15) is 17.5 Å². The van der Waals surface area contributed by atoms with Crippen LogP contribution in [-0.2, 0) is 14.8 Å². The zero-order valence-electron chi connectivity index (χ0n) is 17.1. The van der Waals surface area contributed by atoms with Crippen LogP contribution in [0, 0.1) is 0 Å². The monoisotopic (exact) mass is 452 g/mol. The summed E-state index contributed by atoms with van der Waals surface area (Å²) < 4.78 is 38.1. The van der Waals surface area contributed by atoms with Gasteiger partial charge in [-0.05, 0) is 62.2 Å². The number of carbonyl (C=O) groups excluding carboxylic acids is 1. The van der Waals surface area contributed by atoms with Gasteiger partial charge in [0.2, 0.25) is 15.9 Å². The molecule has 1 fully saturated rings. The summed E-state index contributed by atoms with van der Waals surface area (Å²) in [5, 5.41) is 3.37. The summed E-state index contributed by atoms with van der Waals surface area (Å²) in [5.74, 6) is 0.905. The van der Waals surface area contributed by atoms with E-state index in [1.807, 2.05) is 6.92 Å². The van der Waals surface area contributed by atoms with Crippen molar-refractivity contribution in [1.29, 1.82) is 0 Å². The molecule has 0 bridgehead atoms. The van der Waals surface area contributed by atoms with Crippen molar-refractivity contribution in [2.24, 2.45) is 0 Å². The Hall–Kier alpha value is -2.29. The number of halogens is 1. The zero-order chi connectivity index (χ0) is 21.9. The number of hydrogen-bond acceptors (Lipinski definition) is 5. The predicted molar refractivity (Wildman–Crippen MR) is 114 cm³/mol. The molecule has 1 aliphatic heterocycles. The minimum absolute atomic E-state index is 0.120. The van der Waals surface area contributed by atoms with Gasteiger partial charge in [0.05, 0.1) is 25.2 Å². The van der Waals surface area contributed by atoms with Crippen molar-refractivity contribution < 1.29 is 22.7 Å². The topological polar surface area (TPSA) is 84.9 Å². The molecule has 1 N–H and O–H groups in total. The predicted octanol–water partition coefficient (Wildman–Crippen LogP) is 3.39. The van der Waals surface area contributed by atoms with Gasteiger partial charge >= 0.3 is 0 Å². The van der Waals surface area contributed by atoms with Crippen LogP contribution in [0.1, 0.15) is 31.4 Å². The highest BCUT2D eigenvalue weighted by Crippen LogP contribution is 2.31. The average molecular weight is 453 g/mol. The van der Waals surface area contributed by atoms with E-state index < -0.39 is 22.1 Å². The number of nitrogens with one attached hydrogen (secondary N) is 1. The Balaban J connectivity index is 1.80. The number of methoxy groups -OCH3 is 2. The lowest BCUT2D eigenvalue weighted by molar-refractivity contribution is -0.124. The van der Waals surface area contributed by atoms with Gasteiger partial charge in [-0.3, -0.25) is 4.79 Å². The van der Waals surface area contributed by atoms with Crippen LogP contribution in [0.5, 0.6) is 11.5 Å². The number of amides is 1. The number of benzene rings is 2. The Morgan fingerprint density at radius 3 is 2.50 bits per heavy atom. The molecule has 1 saturated heterocycles. The van der Waals surface area contributed by atoms with E-state index in [0.29, 0.717) is 35.9 Å². The van der Waals surface area contributed by atoms with Crippen molar-refractivity contribution in [3.63, 3.8) is 0 Å². The quantitative estimate of drug-likeness (QED) is 0.696. The molecule has 0 unspecified atom stereocenters. The smallest absolute Gasteiger partial charge is 0.243 e. The number of ether oxygens (including phenoxy) is 2. The van der Waals surface area contributed by atoms with E-state index in [-0.39, 0.29) is 10.8 Å². The van der Waals surface area contributed by atoms with Crippen molar-refractivity contribution in [2.45, 2.75) is 36.7 Å². The summed E-state index contributed by atoms with van der Waals surface area (Å²) in [6.45, 7) is 2.11. The second-order valence-electron chi connectivity index (χ2n) is 7.07. The van der Waals surface area contributed by atoms with E-state index in [2.05, 4.69) is 5.32 Å². The van der Waals surface area contributed by atoms with Gasteiger partial charge in [-0.2, -0.15) is 4.31 Å². The summed E-state index contributed by atoms with van der Waals surface area (Å²) in [6, 6.07) is 10.1. The van der Waals surface area contributed by atoms with Crippen LogP contribution in [0.3, 0.4) is 0 Å². The fourth-order valence-electron chi connectivity index (χ4n) is 3.60. The van der Waals surface area contributed by atoms with E-state index in [0.717, 1.165) is 5.56 Å². The van der Waals surface area contributed by atoms with Crippen molar-refractivity contribution in [1.82, 2.24) is 9.62 Å². The lowest BCUT2D eigenvalue weighted by atomic mass is 10.1. The van der Waals surface area contributed by atoms with Crippen LogP contribution in [0.2, 0.25) is 5.02 Å². The normalized spacial score (nSPS) is 18.1. The number of carbonyl (C=O) groups is 1. The van der Waals surface area contributed by atoms with Crippen LogP contribution in [0.4, 0.5) is 0 Å². The maximum atomic E-state index is 13.1. The first-order chi connectivity index (χ1) is 14.3. The van der Waals surface area contributed by atoms with Crippen molar-refractivity contribution >= 4 is 27.5 Å². The van der Waals surface area contributed by atoms with Crippen LogP contribution < -0.4 is 14.8 Å². The lowest BCUT2D eigenvalue weighted by Gasteiger charge is -2.25. The van der Waals surface area contributed by atoms with Gasteiger partial charge in [0, 0.05) is 17.1 Å². The molecule has 3 rings (SSSR count). The molecule has 1 aliphatic rings. The van der Waals surface area contributed by atoms with Gasteiger partial charge in [-0.25, -0.2) is 8.42 Å². The fraction of sp³-hybridized carbons (Fsp3) is 0.381. The summed E-state index contributed by atoms with van der Waals surface area (Å²) in [6.07, 6.45) is 1.07. The summed E-state index contributed by atoms with van der Waals surface area (Å²) >= 11 is 5.87. The summed E-state index contributed by atoms with van der Waals surface area (Å²) in [4.78, 5) is 13.1. The maximum absolute atomic E-state index is 13.1. The molecule has 162 valence electrons. The first-order valence-electron chi connectivity index (χ1n) is 9.57. The fourth-order valence-corrected chi connectivity index (χ4v) is 5.38. The largest absolute Gasteiger partial charge is 0.497 e. The van der Waals surface area contributed by atoms with E-state index in [1.54, 1.807) is 32.4 Å². The molecular weight excluding hydrogens is 428 g/mol. The molecule has 0 aromatic heterocycles. The summed E-state index contributed by atoms with van der Waals surface area (Å²) in [5.41, 5.74) is 0.746. The highest BCUT2D eigenvalue weighted by Gasteiger charge is 2.39. The van der Waals surface area contributed by atoms with Gasteiger partial charge in [0.15, 0.2) is 0 Å². The van der Waals surface area contributed by atoms with Gasteiger partial charge < -0.3 is 14.8 Å². The van der Waals surface area contributed by atoms with Crippen LogP contribution >= 0.6 is 11.6 Å². The average Bonchev–Trinajstić information content (AvgIpc) is 3.24. The number of nitrogens with zero attached hydrogens (tertiary/aromatic N) is 1. The number of rotatable bonds is 7. The molecule has 0 aliphatic carbocycles. The number of sulfonamides is 1. The lowest BCUT2D eigenvalue weighted by Crippen LogP contribution is -2.46. The van der Waals surface area contributed by atoms with E-state index in [9.17, 15) is 13.2 Å². The second-order valence-corrected chi connectivity index (χ2v) is 9.39. The molecule has 9 heteroatoms. The second kappa shape index (κ2) is 9.24. The third-order valence-electron chi connectivity index (χ3n) is 5.19. The minimum Gasteiger partial charge on any atom is -0.497 e. The van der Waals surface area contributed by atoms with Crippen LogP contribution in [0.15, 0.2) is 47.4 Å². The SMILES string of the molecule is COc1ccc(OC)c([C@@H](C)NC(=O)[C@@H]2CCCN2S(=O)(=O)c2ccc(Cl)cc2)c1. The van der Waals surface area contributed by atoms with Gasteiger partial charge in [-0.15, -0.1) is 0 Å². The van der Waals surface area contributed by atoms with E-state index >= 15 is 0 Å². The summed E-state index contributed by atoms with van der Waals surface area (Å²) in [7, 11) is -0.689. The zero-order valence-corrected chi connectivity index (χ0v) is 18.7. The van der Waals surface area contributed by atoms with Gasteiger partial charge in [0.25, 0.3) is 0 Å². The molecule has 0 spiro atoms. The van der Waals surface area contributed by atoms with E-state index in [4.69, 9.17) is 21.1 Å². The highest BCUT2D eigenvalue weighted by molar-refractivity contribution is 7.89. The van der Waals surface area contributed by atoms with E-state index in [1.165, 1.54) is 28.6 Å². The minimum atomic E-state index is -3.80. The Bertz CT molecular complexity index is 1010. The van der Waals surface area contributed by atoms with Gasteiger partial charge in [-0.1, -0.05) is 11.6 Å². The molecular formula is C21H25ClN2O5S. The molecule has 0 saturated carbocycles. The molecule has 0 radical (unpaired) electrons. The Morgan fingerprint density at radius 2 is 1.87 bits per heavy atom. The Kier molecular flexibility index (Phi) is 6.90. The van der Waals surface area contributed by atoms with Crippen LogP contribution in [0.25, 0.3) is 0 Å². The van der Waals surface area contributed by atoms with Crippen LogP contribution in [-0.4, -0.2) is 45.4 Å². The maximum Gasteiger partial charge on any atom is 0.243 e. The van der Waals surface area contributed by atoms with Crippen molar-refractivity contribution in [2.75, 3.05) is 20.8 Å². The highest BCUT2D eigenvalue weighted by atomic mass is 35.5. The molecule has 2 aromatic rings. The van der Waals surface area contributed by atoms with Crippen molar-refractivity contribution in [3.05, 3.63) is 53.1 Å². The molecule has 1 amide bonds. The standard InChI is InChI=1S/C21H25ClN2O5S/c1-14(18-13-16(28-2)8-11-20(18)29-3)23-21(25)19-5-4-12-24(19)30(26,27)17-9-6-15(22)7-10-17/h6-11,13-14,19H,4-5,12H2,1-3H3,(H,23,25)/t14-,19+/m1/s1. The third-order valence-corrected chi connectivity index (χ3v) is 7.36. The Labute approximate surface area is 182 Å².